The summed E-state index contributed by atoms with van der Waals surface area (Å²) in [6.45, 7) is 0.949. The average Bonchev–Trinajstić information content (AvgIpc) is 3.18. The third-order valence-corrected chi connectivity index (χ3v) is 5.06. The Morgan fingerprint density at radius 1 is 0.966 bits per heavy atom. The van der Waals surface area contributed by atoms with Gasteiger partial charge in [-0.05, 0) is 43.2 Å². The molecule has 0 radical (unpaired) electrons. The fraction of sp³-hybridized carbons (Fsp3) is 0.318. The lowest BCUT2D eigenvalue weighted by molar-refractivity contribution is -0.153. The van der Waals surface area contributed by atoms with Crippen molar-refractivity contribution in [1.82, 2.24) is 0 Å². The Morgan fingerprint density at radius 3 is 2.14 bits per heavy atom. The lowest BCUT2D eigenvalue weighted by Gasteiger charge is -2.27. The predicted octanol–water partition coefficient (Wildman–Crippen LogP) is 3.78. The number of halogens is 1. The number of nitrogens with one attached hydrogen (secondary N) is 2. The van der Waals surface area contributed by atoms with Gasteiger partial charge in [0.1, 0.15) is 5.82 Å². The Balaban J connectivity index is 1.61. The first-order chi connectivity index (χ1) is 13.9. The Hall–Kier alpha value is -3.22. The molecule has 0 bridgehead atoms. The normalized spacial score (nSPS) is 14.8. The standard InChI is InChI=1S/C22H23FN2O4/c1-15(26)24-16-8-10-17(11-9-16)25-20(27)14-29-21(28)22(12-4-5-13-22)18-6-2-3-7-19(18)23/h2-3,6-11H,4-5,12-14H2,1H3,(H,24,26)(H,25,27). The molecule has 1 fully saturated rings. The van der Waals surface area contributed by atoms with Crippen LogP contribution in [0.25, 0.3) is 0 Å². The largest absolute Gasteiger partial charge is 0.455 e. The topological polar surface area (TPSA) is 84.5 Å². The molecular formula is C22H23FN2O4. The number of esters is 1. The molecule has 1 saturated carbocycles. The highest BCUT2D eigenvalue weighted by Gasteiger charge is 2.45. The molecular weight excluding hydrogens is 375 g/mol. The summed E-state index contributed by atoms with van der Waals surface area (Å²) in [7, 11) is 0. The van der Waals surface area contributed by atoms with Gasteiger partial charge in [-0.1, -0.05) is 31.0 Å². The molecule has 0 saturated heterocycles. The molecule has 0 atom stereocenters. The van der Waals surface area contributed by atoms with Gasteiger partial charge in [0.2, 0.25) is 5.91 Å². The lowest BCUT2D eigenvalue weighted by Crippen LogP contribution is -2.37. The number of ether oxygens (including phenoxy) is 1. The van der Waals surface area contributed by atoms with E-state index in [1.807, 2.05) is 0 Å². The molecule has 29 heavy (non-hydrogen) atoms. The summed E-state index contributed by atoms with van der Waals surface area (Å²) >= 11 is 0. The molecule has 0 spiro atoms. The van der Waals surface area contributed by atoms with Crippen molar-refractivity contribution in [2.45, 2.75) is 38.0 Å². The van der Waals surface area contributed by atoms with Gasteiger partial charge in [-0.3, -0.25) is 14.4 Å². The maximum atomic E-state index is 14.3. The second kappa shape index (κ2) is 8.86. The smallest absolute Gasteiger partial charge is 0.317 e. The molecule has 0 unspecified atom stereocenters. The molecule has 2 aromatic carbocycles. The van der Waals surface area contributed by atoms with Crippen molar-refractivity contribution in [3.8, 4) is 0 Å². The van der Waals surface area contributed by atoms with Gasteiger partial charge in [-0.2, -0.15) is 0 Å². The van der Waals surface area contributed by atoms with Crippen molar-refractivity contribution in [1.29, 1.82) is 0 Å². The second-order valence-electron chi connectivity index (χ2n) is 7.15. The van der Waals surface area contributed by atoms with Crippen LogP contribution in [-0.2, 0) is 24.5 Å². The van der Waals surface area contributed by atoms with Gasteiger partial charge in [0.25, 0.3) is 5.91 Å². The van der Waals surface area contributed by atoms with E-state index in [0.29, 0.717) is 29.8 Å². The number of benzene rings is 2. The zero-order valence-electron chi connectivity index (χ0n) is 16.2. The maximum absolute atomic E-state index is 14.3. The Bertz CT molecular complexity index is 905. The van der Waals surface area contributed by atoms with Crippen LogP contribution < -0.4 is 10.6 Å². The maximum Gasteiger partial charge on any atom is 0.317 e. The number of rotatable bonds is 6. The minimum absolute atomic E-state index is 0.190. The van der Waals surface area contributed by atoms with Gasteiger partial charge in [-0.15, -0.1) is 0 Å². The molecule has 6 nitrogen and oxygen atoms in total. The quantitative estimate of drug-likeness (QED) is 0.726. The summed E-state index contributed by atoms with van der Waals surface area (Å²) in [6.07, 6.45) is 2.60. The highest BCUT2D eigenvalue weighted by Crippen LogP contribution is 2.43. The first-order valence-corrected chi connectivity index (χ1v) is 9.50. The third kappa shape index (κ3) is 4.80. The van der Waals surface area contributed by atoms with Crippen LogP contribution in [0.1, 0.15) is 38.2 Å². The number of hydrogen-bond donors (Lipinski definition) is 2. The van der Waals surface area contributed by atoms with Crippen LogP contribution in [0.4, 0.5) is 15.8 Å². The van der Waals surface area contributed by atoms with Crippen molar-refractivity contribution in [2.75, 3.05) is 17.2 Å². The Labute approximate surface area is 168 Å². The van der Waals surface area contributed by atoms with E-state index in [-0.39, 0.29) is 5.91 Å². The monoisotopic (exact) mass is 398 g/mol. The van der Waals surface area contributed by atoms with Gasteiger partial charge in [0.05, 0.1) is 5.41 Å². The molecule has 0 aliphatic heterocycles. The molecule has 3 rings (SSSR count). The van der Waals surface area contributed by atoms with Crippen molar-refractivity contribution in [3.05, 3.63) is 59.9 Å². The number of amides is 2. The molecule has 2 aromatic rings. The number of anilines is 2. The molecule has 0 aromatic heterocycles. The summed E-state index contributed by atoms with van der Waals surface area (Å²) in [5.74, 6) is -1.69. The van der Waals surface area contributed by atoms with E-state index in [1.54, 1.807) is 42.5 Å². The lowest BCUT2D eigenvalue weighted by atomic mass is 9.78. The summed E-state index contributed by atoms with van der Waals surface area (Å²) < 4.78 is 19.6. The predicted molar refractivity (Wildman–Crippen MR) is 107 cm³/mol. The molecule has 7 heteroatoms. The van der Waals surface area contributed by atoms with Crippen LogP contribution in [-0.4, -0.2) is 24.4 Å². The summed E-state index contributed by atoms with van der Waals surface area (Å²) in [5.41, 5.74) is 0.405. The van der Waals surface area contributed by atoms with Gasteiger partial charge < -0.3 is 15.4 Å². The minimum Gasteiger partial charge on any atom is -0.455 e. The molecule has 2 amide bonds. The van der Waals surface area contributed by atoms with Crippen molar-refractivity contribution < 1.29 is 23.5 Å². The van der Waals surface area contributed by atoms with E-state index in [1.165, 1.54) is 13.0 Å². The Kier molecular flexibility index (Phi) is 6.26. The van der Waals surface area contributed by atoms with Crippen LogP contribution in [0.2, 0.25) is 0 Å². The van der Waals surface area contributed by atoms with Crippen molar-refractivity contribution in [2.24, 2.45) is 0 Å². The molecule has 1 aliphatic rings. The highest BCUT2D eigenvalue weighted by molar-refractivity contribution is 5.94. The number of carbonyl (C=O) groups is 3. The molecule has 2 N–H and O–H groups in total. The number of hydrogen-bond acceptors (Lipinski definition) is 4. The van der Waals surface area contributed by atoms with Crippen LogP contribution in [0.5, 0.6) is 0 Å². The zero-order valence-corrected chi connectivity index (χ0v) is 16.2. The fourth-order valence-electron chi connectivity index (χ4n) is 3.72. The summed E-state index contributed by atoms with van der Waals surface area (Å²) in [5, 5.41) is 5.26. The highest BCUT2D eigenvalue weighted by atomic mass is 19.1. The van der Waals surface area contributed by atoms with E-state index in [0.717, 1.165) is 12.8 Å². The van der Waals surface area contributed by atoms with Crippen LogP contribution in [0, 0.1) is 5.82 Å². The van der Waals surface area contributed by atoms with Crippen LogP contribution in [0.3, 0.4) is 0 Å². The van der Waals surface area contributed by atoms with Crippen molar-refractivity contribution in [3.63, 3.8) is 0 Å². The molecule has 1 aliphatic carbocycles. The van der Waals surface area contributed by atoms with E-state index in [4.69, 9.17) is 4.74 Å². The third-order valence-electron chi connectivity index (χ3n) is 5.06. The van der Waals surface area contributed by atoms with Crippen molar-refractivity contribution >= 4 is 29.2 Å². The number of carbonyl (C=O) groups excluding carboxylic acids is 3. The van der Waals surface area contributed by atoms with Gasteiger partial charge in [0, 0.05) is 23.9 Å². The SMILES string of the molecule is CC(=O)Nc1ccc(NC(=O)COC(=O)C2(c3ccccc3F)CCCC2)cc1. The van der Waals surface area contributed by atoms with Gasteiger partial charge >= 0.3 is 5.97 Å². The summed E-state index contributed by atoms with van der Waals surface area (Å²) in [6, 6.07) is 12.8. The molecule has 0 heterocycles. The zero-order chi connectivity index (χ0) is 20.9. The average molecular weight is 398 g/mol. The van der Waals surface area contributed by atoms with Crippen LogP contribution >= 0.6 is 0 Å². The van der Waals surface area contributed by atoms with Crippen LogP contribution in [0.15, 0.2) is 48.5 Å². The molecule has 152 valence electrons. The van der Waals surface area contributed by atoms with Gasteiger partial charge in [0.15, 0.2) is 6.61 Å². The van der Waals surface area contributed by atoms with E-state index >= 15 is 0 Å². The summed E-state index contributed by atoms with van der Waals surface area (Å²) in [4.78, 5) is 36.0. The minimum atomic E-state index is -1.04. The van der Waals surface area contributed by atoms with E-state index in [9.17, 15) is 18.8 Å². The Morgan fingerprint density at radius 2 is 1.55 bits per heavy atom. The van der Waals surface area contributed by atoms with Gasteiger partial charge in [-0.25, -0.2) is 4.39 Å². The van der Waals surface area contributed by atoms with E-state index in [2.05, 4.69) is 10.6 Å². The fourth-order valence-corrected chi connectivity index (χ4v) is 3.72. The first kappa shape index (κ1) is 20.5. The first-order valence-electron chi connectivity index (χ1n) is 9.50. The van der Waals surface area contributed by atoms with E-state index < -0.39 is 29.7 Å². The second-order valence-corrected chi connectivity index (χ2v) is 7.15.